The van der Waals surface area contributed by atoms with Gasteiger partial charge in [0, 0.05) is 0 Å². The minimum Gasteiger partial charge on any atom is -0.0622 e. The molecule has 52 heavy (non-hydrogen) atoms. The number of benzene rings is 10. The van der Waals surface area contributed by atoms with Gasteiger partial charge < -0.3 is 0 Å². The van der Waals surface area contributed by atoms with Crippen LogP contribution in [0.4, 0.5) is 0 Å². The van der Waals surface area contributed by atoms with E-state index in [0.717, 1.165) is 0 Å². The third-order valence-electron chi connectivity index (χ3n) is 10.6. The fraction of sp³-hybridized carbons (Fsp3) is 0. The van der Waals surface area contributed by atoms with Crippen LogP contribution < -0.4 is 0 Å². The lowest BCUT2D eigenvalue weighted by Gasteiger charge is -2.21. The molecular formula is C52H34. The summed E-state index contributed by atoms with van der Waals surface area (Å²) < 4.78 is 0. The van der Waals surface area contributed by atoms with Gasteiger partial charge in [0.25, 0.3) is 0 Å². The lowest BCUT2D eigenvalue weighted by atomic mass is 9.82. The minimum absolute atomic E-state index is 1.21. The highest BCUT2D eigenvalue weighted by atomic mass is 14.2. The molecule has 0 N–H and O–H groups in total. The Bertz CT molecular complexity index is 2890. The molecule has 10 rings (SSSR count). The summed E-state index contributed by atoms with van der Waals surface area (Å²) in [5.74, 6) is 0. The summed E-state index contributed by atoms with van der Waals surface area (Å²) in [5, 5.41) is 10.1. The van der Waals surface area contributed by atoms with Crippen molar-refractivity contribution in [1.29, 1.82) is 0 Å². The van der Waals surface area contributed by atoms with Crippen LogP contribution in [0.25, 0.3) is 98.7 Å². The highest BCUT2D eigenvalue weighted by Gasteiger charge is 2.20. The van der Waals surface area contributed by atoms with E-state index in [9.17, 15) is 0 Å². The van der Waals surface area contributed by atoms with Crippen molar-refractivity contribution >= 4 is 43.1 Å². The third kappa shape index (κ3) is 5.00. The first-order chi connectivity index (χ1) is 25.8. The number of rotatable bonds is 5. The quantitative estimate of drug-likeness (QED) is 0.128. The maximum Gasteiger partial charge on any atom is -0.00201 e. The summed E-state index contributed by atoms with van der Waals surface area (Å²) in [5.41, 5.74) is 12.4. The minimum atomic E-state index is 1.21. The molecule has 0 spiro atoms. The van der Waals surface area contributed by atoms with Crippen LogP contribution in [0, 0.1) is 0 Å². The van der Waals surface area contributed by atoms with Gasteiger partial charge in [0.1, 0.15) is 0 Å². The maximum absolute atomic E-state index is 2.38. The second-order valence-corrected chi connectivity index (χ2v) is 13.6. The van der Waals surface area contributed by atoms with Crippen molar-refractivity contribution in [1.82, 2.24) is 0 Å². The first-order valence-corrected chi connectivity index (χ1v) is 18.0. The van der Waals surface area contributed by atoms with E-state index in [1.165, 1.54) is 98.7 Å². The average Bonchev–Trinajstić information content (AvgIpc) is 3.23. The Hall–Kier alpha value is -6.76. The number of fused-ring (bicyclic) bond motifs is 5. The molecule has 0 radical (unpaired) electrons. The predicted molar refractivity (Wildman–Crippen MR) is 224 cm³/mol. The smallest absolute Gasteiger partial charge is 0.00201 e. The molecule has 0 amide bonds. The Morgan fingerprint density at radius 3 is 1.27 bits per heavy atom. The van der Waals surface area contributed by atoms with Gasteiger partial charge in [0.05, 0.1) is 0 Å². The molecule has 0 aromatic heterocycles. The van der Waals surface area contributed by atoms with Crippen LogP contribution >= 0.6 is 0 Å². The molecular weight excluding hydrogens is 625 g/mol. The van der Waals surface area contributed by atoms with Crippen LogP contribution in [-0.2, 0) is 0 Å². The first kappa shape index (κ1) is 30.1. The highest BCUT2D eigenvalue weighted by Crippen LogP contribution is 2.47. The van der Waals surface area contributed by atoms with E-state index >= 15 is 0 Å². The second-order valence-electron chi connectivity index (χ2n) is 13.6. The molecule has 0 bridgehead atoms. The number of hydrogen-bond acceptors (Lipinski definition) is 0. The van der Waals surface area contributed by atoms with E-state index in [2.05, 4.69) is 206 Å². The van der Waals surface area contributed by atoms with Gasteiger partial charge in [-0.3, -0.25) is 0 Å². The van der Waals surface area contributed by atoms with Crippen LogP contribution in [0.1, 0.15) is 0 Å². The van der Waals surface area contributed by atoms with E-state index < -0.39 is 0 Å². The van der Waals surface area contributed by atoms with E-state index in [-0.39, 0.29) is 0 Å². The Kier molecular flexibility index (Phi) is 7.25. The first-order valence-electron chi connectivity index (χ1n) is 18.0. The molecule has 10 aromatic carbocycles. The van der Waals surface area contributed by atoms with Crippen molar-refractivity contribution in [3.8, 4) is 55.6 Å². The second kappa shape index (κ2) is 12.5. The molecule has 0 heterocycles. The van der Waals surface area contributed by atoms with Crippen LogP contribution in [-0.4, -0.2) is 0 Å². The molecule has 0 heteroatoms. The lowest BCUT2D eigenvalue weighted by molar-refractivity contribution is 1.58. The predicted octanol–water partition coefficient (Wildman–Crippen LogP) is 14.6. The zero-order chi connectivity index (χ0) is 34.4. The summed E-state index contributed by atoms with van der Waals surface area (Å²) in [4.78, 5) is 0. The van der Waals surface area contributed by atoms with Gasteiger partial charge in [0.15, 0.2) is 0 Å². The van der Waals surface area contributed by atoms with E-state index in [1.807, 2.05) is 0 Å². The van der Waals surface area contributed by atoms with Gasteiger partial charge in [-0.25, -0.2) is 0 Å². The molecule has 0 nitrogen and oxygen atoms in total. The van der Waals surface area contributed by atoms with Gasteiger partial charge in [-0.1, -0.05) is 188 Å². The third-order valence-corrected chi connectivity index (χ3v) is 10.6. The van der Waals surface area contributed by atoms with Crippen LogP contribution in [0.2, 0.25) is 0 Å². The molecule has 0 saturated carbocycles. The standard InChI is InChI=1S/C52H34/c1-2-16-35(17-3-1)36-19-14-20-37(32-36)38-21-15-22-40(33-38)51-46-28-10-12-30-48(46)52(49-31-13-11-29-47(49)51)45-27-9-8-26-44(45)50-34-39-18-4-5-23-41(39)42-24-6-7-25-43(42)50/h1-34H. The van der Waals surface area contributed by atoms with Crippen molar-refractivity contribution in [2.24, 2.45) is 0 Å². The van der Waals surface area contributed by atoms with Crippen LogP contribution in [0.5, 0.6) is 0 Å². The fourth-order valence-corrected chi connectivity index (χ4v) is 8.31. The monoisotopic (exact) mass is 658 g/mol. The molecule has 0 fully saturated rings. The van der Waals surface area contributed by atoms with Crippen molar-refractivity contribution in [2.75, 3.05) is 0 Å². The maximum atomic E-state index is 2.38. The summed E-state index contributed by atoms with van der Waals surface area (Å²) in [7, 11) is 0. The van der Waals surface area contributed by atoms with Gasteiger partial charge in [-0.15, -0.1) is 0 Å². The lowest BCUT2D eigenvalue weighted by Crippen LogP contribution is -1.93. The van der Waals surface area contributed by atoms with Crippen LogP contribution in [0.3, 0.4) is 0 Å². The molecule has 242 valence electrons. The fourth-order valence-electron chi connectivity index (χ4n) is 8.31. The van der Waals surface area contributed by atoms with E-state index in [4.69, 9.17) is 0 Å². The van der Waals surface area contributed by atoms with Gasteiger partial charge in [0.2, 0.25) is 0 Å². The summed E-state index contributed by atoms with van der Waals surface area (Å²) in [6, 6.07) is 75.5. The SMILES string of the molecule is c1ccc(-c2cccc(-c3cccc(-c4c5ccccc5c(-c5ccccc5-c5cc6ccccc6c6ccccc56)c5ccccc45)c3)c2)cc1. The van der Waals surface area contributed by atoms with Crippen molar-refractivity contribution in [2.45, 2.75) is 0 Å². The summed E-state index contributed by atoms with van der Waals surface area (Å²) in [6.45, 7) is 0. The average molecular weight is 659 g/mol. The Morgan fingerprint density at radius 1 is 0.192 bits per heavy atom. The summed E-state index contributed by atoms with van der Waals surface area (Å²) in [6.07, 6.45) is 0. The zero-order valence-corrected chi connectivity index (χ0v) is 28.6. The summed E-state index contributed by atoms with van der Waals surface area (Å²) >= 11 is 0. The largest absolute Gasteiger partial charge is 0.0622 e. The van der Waals surface area contributed by atoms with Crippen molar-refractivity contribution in [3.63, 3.8) is 0 Å². The Balaban J connectivity index is 1.21. The Morgan fingerprint density at radius 2 is 0.615 bits per heavy atom. The van der Waals surface area contributed by atoms with Gasteiger partial charge in [-0.05, 0) is 117 Å². The highest BCUT2D eigenvalue weighted by molar-refractivity contribution is 6.23. The van der Waals surface area contributed by atoms with Gasteiger partial charge in [-0.2, -0.15) is 0 Å². The van der Waals surface area contributed by atoms with Crippen molar-refractivity contribution in [3.05, 3.63) is 206 Å². The molecule has 0 unspecified atom stereocenters. The van der Waals surface area contributed by atoms with Crippen molar-refractivity contribution < 1.29 is 0 Å². The normalized spacial score (nSPS) is 11.5. The van der Waals surface area contributed by atoms with E-state index in [1.54, 1.807) is 0 Å². The zero-order valence-electron chi connectivity index (χ0n) is 28.6. The number of hydrogen-bond donors (Lipinski definition) is 0. The van der Waals surface area contributed by atoms with Crippen LogP contribution in [0.15, 0.2) is 206 Å². The van der Waals surface area contributed by atoms with Gasteiger partial charge >= 0.3 is 0 Å². The Labute approximate surface area is 303 Å². The molecule has 0 aliphatic heterocycles. The molecule has 0 aliphatic carbocycles. The van der Waals surface area contributed by atoms with E-state index in [0.29, 0.717) is 0 Å². The molecule has 10 aromatic rings. The topological polar surface area (TPSA) is 0 Å². The molecule has 0 aliphatic rings. The molecule has 0 atom stereocenters. The molecule has 0 saturated heterocycles.